The Morgan fingerprint density at radius 2 is 2.00 bits per heavy atom. The van der Waals surface area contributed by atoms with E-state index in [1.54, 1.807) is 7.05 Å². The highest BCUT2D eigenvalue weighted by molar-refractivity contribution is 14.0. The number of hydrogen-bond acceptors (Lipinski definition) is 3. The number of halogens is 1. The topological polar surface area (TPSA) is 66.0 Å². The Morgan fingerprint density at radius 3 is 2.72 bits per heavy atom. The van der Waals surface area contributed by atoms with Crippen molar-refractivity contribution in [2.24, 2.45) is 10.9 Å². The molecular formula is C22H35IN4O2. The van der Waals surface area contributed by atoms with E-state index in [0.717, 1.165) is 57.0 Å². The van der Waals surface area contributed by atoms with Gasteiger partial charge in [0, 0.05) is 38.6 Å². The van der Waals surface area contributed by atoms with Crippen LogP contribution in [0.5, 0.6) is 5.75 Å². The summed E-state index contributed by atoms with van der Waals surface area (Å²) in [4.78, 5) is 19.0. The molecule has 0 aromatic heterocycles. The van der Waals surface area contributed by atoms with E-state index in [1.807, 2.05) is 30.0 Å². The normalized spacial score (nSPS) is 19.7. The van der Waals surface area contributed by atoms with E-state index in [1.165, 1.54) is 18.4 Å². The predicted molar refractivity (Wildman–Crippen MR) is 128 cm³/mol. The van der Waals surface area contributed by atoms with Crippen LogP contribution in [0.25, 0.3) is 0 Å². The number of guanidine groups is 1. The summed E-state index contributed by atoms with van der Waals surface area (Å²) in [6.45, 7) is 5.09. The molecule has 0 radical (unpaired) electrons. The van der Waals surface area contributed by atoms with Crippen molar-refractivity contribution in [1.82, 2.24) is 15.5 Å². The van der Waals surface area contributed by atoms with E-state index in [0.29, 0.717) is 12.5 Å². The lowest BCUT2D eigenvalue weighted by Crippen LogP contribution is -2.45. The highest BCUT2D eigenvalue weighted by atomic mass is 127. The van der Waals surface area contributed by atoms with Gasteiger partial charge in [-0.25, -0.2) is 0 Å². The predicted octanol–water partition coefficient (Wildman–Crippen LogP) is 3.20. The standard InChI is InChI=1S/C22H34N4O2.HI/c1-3-28-20-11-7-6-8-17(20)12-14-24-22(23-2)25-19-13-15-26(16-19)21(27)18-9-4-5-10-18;/h6-8,11,18-19H,3-5,9-10,12-16H2,1-2H3,(H2,23,24,25);1H. The zero-order chi connectivity index (χ0) is 19.8. The fourth-order valence-corrected chi connectivity index (χ4v) is 4.22. The highest BCUT2D eigenvalue weighted by Crippen LogP contribution is 2.27. The molecule has 1 saturated carbocycles. The van der Waals surface area contributed by atoms with Crippen LogP contribution in [0.4, 0.5) is 0 Å². The van der Waals surface area contributed by atoms with Crippen molar-refractivity contribution in [2.45, 2.75) is 51.5 Å². The number of hydrogen-bond donors (Lipinski definition) is 2. The molecule has 1 aromatic carbocycles. The molecule has 1 amide bonds. The number of amides is 1. The maximum atomic E-state index is 12.6. The molecule has 1 heterocycles. The Morgan fingerprint density at radius 1 is 1.24 bits per heavy atom. The minimum absolute atomic E-state index is 0. The van der Waals surface area contributed by atoms with Crippen LogP contribution in [-0.4, -0.2) is 56.1 Å². The first-order valence-corrected chi connectivity index (χ1v) is 10.7. The van der Waals surface area contributed by atoms with Gasteiger partial charge in [0.25, 0.3) is 0 Å². The van der Waals surface area contributed by atoms with E-state index in [-0.39, 0.29) is 35.9 Å². The van der Waals surface area contributed by atoms with Crippen LogP contribution in [0.3, 0.4) is 0 Å². The van der Waals surface area contributed by atoms with E-state index >= 15 is 0 Å². The zero-order valence-electron chi connectivity index (χ0n) is 17.7. The van der Waals surface area contributed by atoms with Gasteiger partial charge in [-0.3, -0.25) is 9.79 Å². The molecule has 29 heavy (non-hydrogen) atoms. The lowest BCUT2D eigenvalue weighted by molar-refractivity contribution is -0.134. The lowest BCUT2D eigenvalue weighted by atomic mass is 10.1. The second kappa shape index (κ2) is 12.2. The zero-order valence-corrected chi connectivity index (χ0v) is 20.0. The highest BCUT2D eigenvalue weighted by Gasteiger charge is 2.32. The molecule has 7 heteroatoms. The van der Waals surface area contributed by atoms with Crippen LogP contribution in [0.2, 0.25) is 0 Å². The molecule has 162 valence electrons. The van der Waals surface area contributed by atoms with Crippen LogP contribution >= 0.6 is 24.0 Å². The minimum atomic E-state index is 0. The average molecular weight is 514 g/mol. The average Bonchev–Trinajstić information content (AvgIpc) is 3.40. The first kappa shape index (κ1) is 23.8. The van der Waals surface area contributed by atoms with Gasteiger partial charge in [0.05, 0.1) is 6.61 Å². The van der Waals surface area contributed by atoms with Gasteiger partial charge < -0.3 is 20.3 Å². The number of benzene rings is 1. The number of likely N-dealkylation sites (tertiary alicyclic amines) is 1. The Labute approximate surface area is 191 Å². The molecule has 1 saturated heterocycles. The number of nitrogens with zero attached hydrogens (tertiary/aromatic N) is 2. The summed E-state index contributed by atoms with van der Waals surface area (Å²) in [5, 5.41) is 6.87. The van der Waals surface area contributed by atoms with Gasteiger partial charge in [-0.05, 0) is 44.2 Å². The molecule has 1 atom stereocenters. The summed E-state index contributed by atoms with van der Waals surface area (Å²) in [7, 11) is 1.79. The smallest absolute Gasteiger partial charge is 0.225 e. The largest absolute Gasteiger partial charge is 0.494 e. The molecule has 0 bridgehead atoms. The third-order valence-electron chi connectivity index (χ3n) is 5.73. The number of carbonyl (C=O) groups excluding carboxylic acids is 1. The van der Waals surface area contributed by atoms with Gasteiger partial charge in [0.2, 0.25) is 5.91 Å². The third kappa shape index (κ3) is 6.76. The summed E-state index contributed by atoms with van der Waals surface area (Å²) in [6, 6.07) is 8.43. The van der Waals surface area contributed by atoms with Crippen LogP contribution in [0.15, 0.2) is 29.3 Å². The van der Waals surface area contributed by atoms with Crippen LogP contribution in [0, 0.1) is 5.92 Å². The fraction of sp³-hybridized carbons (Fsp3) is 0.636. The van der Waals surface area contributed by atoms with Crippen molar-refractivity contribution >= 4 is 35.8 Å². The van der Waals surface area contributed by atoms with Crippen molar-refractivity contribution in [1.29, 1.82) is 0 Å². The Bertz CT molecular complexity index is 677. The van der Waals surface area contributed by atoms with Gasteiger partial charge in [-0.1, -0.05) is 31.0 Å². The van der Waals surface area contributed by atoms with Crippen LogP contribution < -0.4 is 15.4 Å². The van der Waals surface area contributed by atoms with Crippen LogP contribution in [-0.2, 0) is 11.2 Å². The third-order valence-corrected chi connectivity index (χ3v) is 5.73. The Kier molecular flexibility index (Phi) is 10.0. The molecule has 2 N–H and O–H groups in total. The number of nitrogens with one attached hydrogen (secondary N) is 2. The second-order valence-electron chi connectivity index (χ2n) is 7.69. The molecule has 2 fully saturated rings. The van der Waals surface area contributed by atoms with Crippen molar-refractivity contribution in [3.63, 3.8) is 0 Å². The number of aliphatic imine (C=N–C) groups is 1. The fourth-order valence-electron chi connectivity index (χ4n) is 4.22. The summed E-state index contributed by atoms with van der Waals surface area (Å²) < 4.78 is 5.69. The molecule has 1 aliphatic carbocycles. The van der Waals surface area contributed by atoms with E-state index in [2.05, 4.69) is 21.7 Å². The molecule has 1 aliphatic heterocycles. The van der Waals surface area contributed by atoms with Gasteiger partial charge >= 0.3 is 0 Å². The quantitative estimate of drug-likeness (QED) is 0.333. The number of ether oxygens (including phenoxy) is 1. The number of para-hydroxylation sites is 1. The van der Waals surface area contributed by atoms with Crippen LogP contribution in [0.1, 0.15) is 44.6 Å². The van der Waals surface area contributed by atoms with Gasteiger partial charge in [0.1, 0.15) is 5.75 Å². The van der Waals surface area contributed by atoms with E-state index in [9.17, 15) is 4.79 Å². The molecule has 3 rings (SSSR count). The number of carbonyl (C=O) groups is 1. The maximum Gasteiger partial charge on any atom is 0.225 e. The maximum absolute atomic E-state index is 12.6. The monoisotopic (exact) mass is 514 g/mol. The molecule has 1 unspecified atom stereocenters. The minimum Gasteiger partial charge on any atom is -0.494 e. The van der Waals surface area contributed by atoms with Crippen molar-refractivity contribution < 1.29 is 9.53 Å². The SMILES string of the molecule is CCOc1ccccc1CCNC(=NC)NC1CCN(C(=O)C2CCCC2)C1.I. The first-order valence-electron chi connectivity index (χ1n) is 10.7. The lowest BCUT2D eigenvalue weighted by Gasteiger charge is -2.21. The summed E-state index contributed by atoms with van der Waals surface area (Å²) in [6.07, 6.45) is 6.39. The van der Waals surface area contributed by atoms with E-state index in [4.69, 9.17) is 4.74 Å². The molecule has 0 spiro atoms. The summed E-state index contributed by atoms with van der Waals surface area (Å²) in [5.41, 5.74) is 1.20. The van der Waals surface area contributed by atoms with Gasteiger partial charge in [0.15, 0.2) is 5.96 Å². The molecule has 6 nitrogen and oxygen atoms in total. The van der Waals surface area contributed by atoms with Gasteiger partial charge in [-0.2, -0.15) is 0 Å². The van der Waals surface area contributed by atoms with Crippen molar-refractivity contribution in [3.8, 4) is 5.75 Å². The second-order valence-corrected chi connectivity index (χ2v) is 7.69. The summed E-state index contributed by atoms with van der Waals surface area (Å²) in [5.74, 6) is 2.37. The first-order chi connectivity index (χ1) is 13.7. The van der Waals surface area contributed by atoms with Crippen molar-refractivity contribution in [3.05, 3.63) is 29.8 Å². The molecule has 1 aromatic rings. The Balaban J connectivity index is 0.00000300. The molecular weight excluding hydrogens is 479 g/mol. The van der Waals surface area contributed by atoms with E-state index < -0.39 is 0 Å². The summed E-state index contributed by atoms with van der Waals surface area (Å²) >= 11 is 0. The number of rotatable bonds is 7. The van der Waals surface area contributed by atoms with Gasteiger partial charge in [-0.15, -0.1) is 24.0 Å². The Hall–Kier alpha value is -1.51. The van der Waals surface area contributed by atoms with Crippen molar-refractivity contribution in [2.75, 3.05) is 33.3 Å². The molecule has 2 aliphatic rings.